The zero-order chi connectivity index (χ0) is 20.1. The average molecular weight is 384 g/mol. The second-order valence-corrected chi connectivity index (χ2v) is 6.06. The van der Waals surface area contributed by atoms with E-state index in [9.17, 15) is 14.4 Å². The molecular formula is C20H20N2O6. The second kappa shape index (κ2) is 8.43. The van der Waals surface area contributed by atoms with Crippen LogP contribution in [0.1, 0.15) is 22.0 Å². The monoisotopic (exact) mass is 384 g/mol. The fourth-order valence-corrected chi connectivity index (χ4v) is 2.88. The minimum Gasteiger partial charge on any atom is -0.497 e. The van der Waals surface area contributed by atoms with Crippen LogP contribution in [0.15, 0.2) is 48.5 Å². The summed E-state index contributed by atoms with van der Waals surface area (Å²) in [4.78, 5) is 37.6. The predicted molar refractivity (Wildman–Crippen MR) is 99.3 cm³/mol. The number of carbonyl (C=O) groups excluding carboxylic acids is 3. The molecule has 1 saturated heterocycles. The van der Waals surface area contributed by atoms with Crippen molar-refractivity contribution in [3.8, 4) is 11.5 Å². The molecule has 1 fully saturated rings. The minimum atomic E-state index is -0.720. The lowest BCUT2D eigenvalue weighted by molar-refractivity contribution is -0.126. The summed E-state index contributed by atoms with van der Waals surface area (Å²) in [5, 5.41) is 2.87. The summed E-state index contributed by atoms with van der Waals surface area (Å²) in [5.41, 5.74) is 1.05. The first-order valence-electron chi connectivity index (χ1n) is 8.58. The van der Waals surface area contributed by atoms with Crippen LogP contribution in [-0.2, 0) is 9.53 Å². The molecule has 0 bridgehead atoms. The van der Waals surface area contributed by atoms with E-state index in [4.69, 9.17) is 14.2 Å². The summed E-state index contributed by atoms with van der Waals surface area (Å²) in [6.07, 6.45) is -0.720. The molecule has 8 heteroatoms. The van der Waals surface area contributed by atoms with Gasteiger partial charge in [-0.05, 0) is 17.7 Å². The molecule has 0 saturated carbocycles. The molecule has 0 spiro atoms. The summed E-state index contributed by atoms with van der Waals surface area (Å²) < 4.78 is 15.2. The maximum Gasteiger partial charge on any atom is 0.417 e. The fourth-order valence-electron chi connectivity index (χ4n) is 2.88. The maximum absolute atomic E-state index is 12.9. The molecular weight excluding hydrogens is 364 g/mol. The smallest absolute Gasteiger partial charge is 0.417 e. The molecule has 0 unspecified atom stereocenters. The van der Waals surface area contributed by atoms with E-state index >= 15 is 0 Å². The first kappa shape index (κ1) is 19.2. The van der Waals surface area contributed by atoms with E-state index in [0.29, 0.717) is 17.1 Å². The molecule has 8 nitrogen and oxygen atoms in total. The second-order valence-electron chi connectivity index (χ2n) is 6.06. The number of nitrogens with one attached hydrogen (secondary N) is 1. The van der Waals surface area contributed by atoms with Gasteiger partial charge in [-0.1, -0.05) is 30.3 Å². The molecule has 2 aromatic rings. The van der Waals surface area contributed by atoms with Gasteiger partial charge in [0.05, 0.1) is 32.4 Å². The highest BCUT2D eigenvalue weighted by Gasteiger charge is 2.34. The van der Waals surface area contributed by atoms with Gasteiger partial charge < -0.3 is 19.5 Å². The SMILES string of the molecule is COc1ccc(C(=O)N[C@@H](CN2C(=O)COC2=O)c2ccccc2)c(OC)c1. The third-order valence-electron chi connectivity index (χ3n) is 4.37. The van der Waals surface area contributed by atoms with Crippen molar-refractivity contribution in [1.29, 1.82) is 0 Å². The Morgan fingerprint density at radius 3 is 2.50 bits per heavy atom. The normalized spacial score (nSPS) is 14.4. The van der Waals surface area contributed by atoms with Gasteiger partial charge >= 0.3 is 6.09 Å². The molecule has 3 amide bonds. The van der Waals surface area contributed by atoms with Crippen LogP contribution in [0.5, 0.6) is 11.5 Å². The molecule has 1 N–H and O–H groups in total. The highest BCUT2D eigenvalue weighted by Crippen LogP contribution is 2.26. The van der Waals surface area contributed by atoms with Crippen molar-refractivity contribution in [2.45, 2.75) is 6.04 Å². The average Bonchev–Trinajstić information content (AvgIpc) is 3.05. The van der Waals surface area contributed by atoms with E-state index in [1.165, 1.54) is 14.2 Å². The van der Waals surface area contributed by atoms with Crippen molar-refractivity contribution < 1.29 is 28.6 Å². The number of hydrogen-bond donors (Lipinski definition) is 1. The Hall–Kier alpha value is -3.55. The van der Waals surface area contributed by atoms with E-state index in [-0.39, 0.29) is 13.2 Å². The van der Waals surface area contributed by atoms with E-state index in [0.717, 1.165) is 10.5 Å². The molecule has 1 atom stereocenters. The maximum atomic E-state index is 12.9. The Labute approximate surface area is 162 Å². The van der Waals surface area contributed by atoms with E-state index in [2.05, 4.69) is 5.32 Å². The molecule has 2 aromatic carbocycles. The molecule has 1 heterocycles. The zero-order valence-electron chi connectivity index (χ0n) is 15.5. The van der Waals surface area contributed by atoms with Crippen LogP contribution in [0.4, 0.5) is 4.79 Å². The summed E-state index contributed by atoms with van der Waals surface area (Å²) in [5.74, 6) is 0.0503. The number of nitrogens with zero attached hydrogens (tertiary/aromatic N) is 1. The first-order chi connectivity index (χ1) is 13.5. The summed E-state index contributed by atoms with van der Waals surface area (Å²) in [6, 6.07) is 13.3. The van der Waals surface area contributed by atoms with Gasteiger partial charge in [-0.3, -0.25) is 9.59 Å². The number of rotatable bonds is 7. The summed E-state index contributed by atoms with van der Waals surface area (Å²) in [6.45, 7) is -0.327. The lowest BCUT2D eigenvalue weighted by Crippen LogP contribution is -2.40. The Morgan fingerprint density at radius 2 is 1.89 bits per heavy atom. The Balaban J connectivity index is 1.86. The van der Waals surface area contributed by atoms with Gasteiger partial charge in [0.25, 0.3) is 11.8 Å². The number of hydrogen-bond acceptors (Lipinski definition) is 6. The number of methoxy groups -OCH3 is 2. The molecule has 0 radical (unpaired) electrons. The molecule has 0 aliphatic carbocycles. The van der Waals surface area contributed by atoms with Crippen molar-refractivity contribution >= 4 is 17.9 Å². The van der Waals surface area contributed by atoms with Crippen molar-refractivity contribution in [3.05, 3.63) is 59.7 Å². The summed E-state index contributed by atoms with van der Waals surface area (Å²) >= 11 is 0. The standard InChI is InChI=1S/C20H20N2O6/c1-26-14-8-9-15(17(10-14)27-2)19(24)21-16(13-6-4-3-5-7-13)11-22-18(23)12-28-20(22)25/h3-10,16H,11-12H2,1-2H3,(H,21,24)/t16-/m0/s1. The molecule has 146 valence electrons. The van der Waals surface area contributed by atoms with Gasteiger partial charge in [0.1, 0.15) is 11.5 Å². The molecule has 0 aromatic heterocycles. The molecule has 28 heavy (non-hydrogen) atoms. The third kappa shape index (κ3) is 4.06. The Bertz CT molecular complexity index is 868. The van der Waals surface area contributed by atoms with E-state index in [1.54, 1.807) is 18.2 Å². The van der Waals surface area contributed by atoms with Crippen LogP contribution in [0.2, 0.25) is 0 Å². The number of cyclic esters (lactones) is 1. The largest absolute Gasteiger partial charge is 0.497 e. The number of carbonyl (C=O) groups is 3. The van der Waals surface area contributed by atoms with Gasteiger partial charge in [-0.15, -0.1) is 0 Å². The van der Waals surface area contributed by atoms with Gasteiger partial charge in [-0.2, -0.15) is 0 Å². The highest BCUT2D eigenvalue weighted by atomic mass is 16.6. The van der Waals surface area contributed by atoms with Gasteiger partial charge in [0.2, 0.25) is 0 Å². The van der Waals surface area contributed by atoms with Crippen LogP contribution in [0, 0.1) is 0 Å². The van der Waals surface area contributed by atoms with Crippen molar-refractivity contribution in [1.82, 2.24) is 10.2 Å². The zero-order valence-corrected chi connectivity index (χ0v) is 15.5. The van der Waals surface area contributed by atoms with Crippen molar-refractivity contribution in [2.24, 2.45) is 0 Å². The molecule has 3 rings (SSSR count). The lowest BCUT2D eigenvalue weighted by Gasteiger charge is -2.23. The summed E-state index contributed by atoms with van der Waals surface area (Å²) in [7, 11) is 2.98. The molecule has 1 aliphatic heterocycles. The lowest BCUT2D eigenvalue weighted by atomic mass is 10.1. The van der Waals surface area contributed by atoms with Crippen LogP contribution in [0.25, 0.3) is 0 Å². The first-order valence-corrected chi connectivity index (χ1v) is 8.58. The topological polar surface area (TPSA) is 94.2 Å². The number of amides is 3. The molecule has 1 aliphatic rings. The van der Waals surface area contributed by atoms with Gasteiger partial charge in [-0.25, -0.2) is 9.69 Å². The number of imide groups is 1. The minimum absolute atomic E-state index is 0.0358. The van der Waals surface area contributed by atoms with Crippen LogP contribution < -0.4 is 14.8 Å². The Kier molecular flexibility index (Phi) is 5.78. The van der Waals surface area contributed by atoms with Gasteiger partial charge in [0.15, 0.2) is 6.61 Å². The van der Waals surface area contributed by atoms with Crippen LogP contribution >= 0.6 is 0 Å². The van der Waals surface area contributed by atoms with Crippen molar-refractivity contribution in [3.63, 3.8) is 0 Å². The van der Waals surface area contributed by atoms with Crippen molar-refractivity contribution in [2.75, 3.05) is 27.4 Å². The highest BCUT2D eigenvalue weighted by molar-refractivity contribution is 5.99. The quantitative estimate of drug-likeness (QED) is 0.786. The fraction of sp³-hybridized carbons (Fsp3) is 0.250. The Morgan fingerprint density at radius 1 is 1.14 bits per heavy atom. The number of ether oxygens (including phenoxy) is 3. The number of benzene rings is 2. The van der Waals surface area contributed by atoms with E-state index in [1.807, 2.05) is 30.3 Å². The van der Waals surface area contributed by atoms with Crippen LogP contribution in [-0.4, -0.2) is 50.2 Å². The van der Waals surface area contributed by atoms with Gasteiger partial charge in [0, 0.05) is 6.07 Å². The van der Waals surface area contributed by atoms with Crippen LogP contribution in [0.3, 0.4) is 0 Å². The predicted octanol–water partition coefficient (Wildman–Crippen LogP) is 2.15. The third-order valence-corrected chi connectivity index (χ3v) is 4.37. The van der Waals surface area contributed by atoms with E-state index < -0.39 is 23.9 Å².